The lowest BCUT2D eigenvalue weighted by atomic mass is 10.1. The maximum atomic E-state index is 13.5. The molecule has 0 radical (unpaired) electrons. The number of hydrogen-bond donors (Lipinski definition) is 1. The van der Waals surface area contributed by atoms with Gasteiger partial charge >= 0.3 is 0 Å². The molecular weight excluding hydrogens is 335 g/mol. The number of halogens is 1. The minimum absolute atomic E-state index is 0.0712. The van der Waals surface area contributed by atoms with Crippen molar-refractivity contribution in [1.82, 2.24) is 9.62 Å². The number of nitrogens with one attached hydrogen (secondary N) is 1. The molecule has 1 aliphatic rings. The van der Waals surface area contributed by atoms with Crippen LogP contribution in [0.3, 0.4) is 0 Å². The smallest absolute Gasteiger partial charge is 0.220 e. The molecule has 2 rings (SSSR count). The topological polar surface area (TPSA) is 75.7 Å². The number of carbonyl (C=O) groups excluding carboxylic acids is 1. The third-order valence-corrected chi connectivity index (χ3v) is 6.07. The number of benzene rings is 1. The van der Waals surface area contributed by atoms with E-state index in [0.717, 1.165) is 0 Å². The van der Waals surface area contributed by atoms with E-state index in [2.05, 4.69) is 5.32 Å². The number of amides is 1. The van der Waals surface area contributed by atoms with Gasteiger partial charge in [0.25, 0.3) is 0 Å². The molecule has 1 aliphatic heterocycles. The van der Waals surface area contributed by atoms with E-state index >= 15 is 0 Å². The van der Waals surface area contributed by atoms with Crippen LogP contribution in [0.2, 0.25) is 0 Å². The number of hydrogen-bond acceptors (Lipinski definition) is 4. The largest absolute Gasteiger partial charge is 0.379 e. The summed E-state index contributed by atoms with van der Waals surface area (Å²) in [4.78, 5) is 12.1. The molecule has 134 valence electrons. The minimum Gasteiger partial charge on any atom is -0.379 e. The lowest BCUT2D eigenvalue weighted by Gasteiger charge is -2.21. The fourth-order valence-corrected chi connectivity index (χ4v) is 3.74. The van der Waals surface area contributed by atoms with Gasteiger partial charge in [-0.1, -0.05) is 18.2 Å². The first-order valence-electron chi connectivity index (χ1n) is 7.80. The fourth-order valence-electron chi connectivity index (χ4n) is 2.57. The Morgan fingerprint density at radius 2 is 2.04 bits per heavy atom. The van der Waals surface area contributed by atoms with E-state index in [1.807, 2.05) is 0 Å². The average Bonchev–Trinajstić information content (AvgIpc) is 2.92. The molecule has 0 bridgehead atoms. The van der Waals surface area contributed by atoms with Gasteiger partial charge in [-0.15, -0.1) is 0 Å². The average molecular weight is 358 g/mol. The second-order valence-corrected chi connectivity index (χ2v) is 8.35. The van der Waals surface area contributed by atoms with Crippen LogP contribution in [0.1, 0.15) is 12.0 Å². The molecule has 1 fully saturated rings. The molecule has 1 aromatic carbocycles. The number of nitrogens with zero attached hydrogens (tertiary/aromatic N) is 1. The Kier molecular flexibility index (Phi) is 6.31. The van der Waals surface area contributed by atoms with Crippen LogP contribution < -0.4 is 5.32 Å². The summed E-state index contributed by atoms with van der Waals surface area (Å²) in [6, 6.07) is 6.00. The molecule has 0 aromatic heterocycles. The van der Waals surface area contributed by atoms with Gasteiger partial charge in [-0.25, -0.2) is 17.1 Å². The highest BCUT2D eigenvalue weighted by atomic mass is 32.2. The van der Waals surface area contributed by atoms with Crippen molar-refractivity contribution >= 4 is 15.9 Å². The summed E-state index contributed by atoms with van der Waals surface area (Å²) in [6.45, 7) is 0.588. The summed E-state index contributed by atoms with van der Waals surface area (Å²) in [5.74, 6) is -0.918. The Morgan fingerprint density at radius 1 is 1.33 bits per heavy atom. The summed E-state index contributed by atoms with van der Waals surface area (Å²) >= 11 is 0. The summed E-state index contributed by atoms with van der Waals surface area (Å²) in [6.07, 6.45) is 0.442. The molecule has 0 spiro atoms. The second kappa shape index (κ2) is 8.04. The Hall–Kier alpha value is -1.51. The van der Waals surface area contributed by atoms with Gasteiger partial charge in [0.1, 0.15) is 5.82 Å². The Morgan fingerprint density at radius 3 is 2.71 bits per heavy atom. The molecule has 0 aliphatic carbocycles. The SMILES string of the molecule is CN(C)S(=O)(=O)C[C@@H]1COC[C@@H]1NC(=O)CCc1ccccc1F. The summed E-state index contributed by atoms with van der Waals surface area (Å²) in [7, 11) is -0.400. The predicted molar refractivity (Wildman–Crippen MR) is 88.4 cm³/mol. The highest BCUT2D eigenvalue weighted by molar-refractivity contribution is 7.89. The molecular formula is C16H23FN2O4S. The van der Waals surface area contributed by atoms with Crippen LogP contribution in [-0.4, -0.2) is 57.7 Å². The first kappa shape index (κ1) is 18.8. The van der Waals surface area contributed by atoms with Crippen molar-refractivity contribution in [3.05, 3.63) is 35.6 Å². The molecule has 2 atom stereocenters. The lowest BCUT2D eigenvalue weighted by Crippen LogP contribution is -2.43. The molecule has 0 unspecified atom stereocenters. The second-order valence-electron chi connectivity index (χ2n) is 6.12. The van der Waals surface area contributed by atoms with Crippen molar-refractivity contribution in [2.24, 2.45) is 5.92 Å². The van der Waals surface area contributed by atoms with E-state index in [-0.39, 0.29) is 35.9 Å². The monoisotopic (exact) mass is 358 g/mol. The van der Waals surface area contributed by atoms with Gasteiger partial charge in [-0.3, -0.25) is 4.79 Å². The highest BCUT2D eigenvalue weighted by Crippen LogP contribution is 2.17. The summed E-state index contributed by atoms with van der Waals surface area (Å²) in [5.41, 5.74) is 0.488. The van der Waals surface area contributed by atoms with Crippen LogP contribution >= 0.6 is 0 Å². The van der Waals surface area contributed by atoms with Crippen molar-refractivity contribution in [1.29, 1.82) is 0 Å². The van der Waals surface area contributed by atoms with E-state index in [9.17, 15) is 17.6 Å². The van der Waals surface area contributed by atoms with Crippen molar-refractivity contribution in [2.75, 3.05) is 33.1 Å². The Bertz CT molecular complexity index is 678. The van der Waals surface area contributed by atoms with Crippen molar-refractivity contribution < 1.29 is 22.3 Å². The molecule has 8 heteroatoms. The van der Waals surface area contributed by atoms with Gasteiger partial charge in [0.05, 0.1) is 25.0 Å². The molecule has 0 saturated carbocycles. The van der Waals surface area contributed by atoms with Crippen molar-refractivity contribution in [3.63, 3.8) is 0 Å². The maximum Gasteiger partial charge on any atom is 0.220 e. The molecule has 24 heavy (non-hydrogen) atoms. The maximum absolute atomic E-state index is 13.5. The number of carbonyl (C=O) groups is 1. The van der Waals surface area contributed by atoms with Gasteiger partial charge in [-0.2, -0.15) is 0 Å². The number of sulfonamides is 1. The molecule has 6 nitrogen and oxygen atoms in total. The third-order valence-electron chi connectivity index (χ3n) is 4.11. The molecule has 1 heterocycles. The normalized spacial score (nSPS) is 21.2. The zero-order chi connectivity index (χ0) is 17.7. The zero-order valence-electron chi connectivity index (χ0n) is 13.9. The molecule has 1 saturated heterocycles. The van der Waals surface area contributed by atoms with E-state index in [0.29, 0.717) is 25.2 Å². The third kappa shape index (κ3) is 4.99. The Balaban J connectivity index is 1.87. The first-order chi connectivity index (χ1) is 11.3. The van der Waals surface area contributed by atoms with Gasteiger partial charge in [0.15, 0.2) is 0 Å². The van der Waals surface area contributed by atoms with Crippen molar-refractivity contribution in [2.45, 2.75) is 18.9 Å². The minimum atomic E-state index is -3.36. The fraction of sp³-hybridized carbons (Fsp3) is 0.562. The van der Waals surface area contributed by atoms with Crippen LogP contribution in [0.4, 0.5) is 4.39 Å². The quantitative estimate of drug-likeness (QED) is 0.782. The zero-order valence-corrected chi connectivity index (χ0v) is 14.7. The summed E-state index contributed by atoms with van der Waals surface area (Å²) in [5, 5.41) is 2.81. The van der Waals surface area contributed by atoms with Gasteiger partial charge < -0.3 is 10.1 Å². The molecule has 1 amide bonds. The number of rotatable bonds is 7. The van der Waals surface area contributed by atoms with Gasteiger partial charge in [-0.05, 0) is 18.1 Å². The predicted octanol–water partition coefficient (Wildman–Crippen LogP) is 0.781. The molecule has 1 aromatic rings. The summed E-state index contributed by atoms with van der Waals surface area (Å²) < 4.78 is 44.0. The highest BCUT2D eigenvalue weighted by Gasteiger charge is 2.34. The number of ether oxygens (including phenoxy) is 1. The first-order valence-corrected chi connectivity index (χ1v) is 9.41. The van der Waals surface area contributed by atoms with Crippen molar-refractivity contribution in [3.8, 4) is 0 Å². The van der Waals surface area contributed by atoms with Crippen LogP contribution in [0.15, 0.2) is 24.3 Å². The van der Waals surface area contributed by atoms with E-state index in [1.54, 1.807) is 18.2 Å². The van der Waals surface area contributed by atoms with Crippen LogP contribution in [0.25, 0.3) is 0 Å². The molecule has 1 N–H and O–H groups in total. The van der Waals surface area contributed by atoms with Crippen LogP contribution in [-0.2, 0) is 26.0 Å². The number of aryl methyl sites for hydroxylation is 1. The standard InChI is InChI=1S/C16H23FN2O4S/c1-19(2)24(21,22)11-13-9-23-10-15(13)18-16(20)8-7-12-5-3-4-6-14(12)17/h3-6,13,15H,7-11H2,1-2H3,(H,18,20)/t13-,15-/m0/s1. The van der Waals surface area contributed by atoms with Gasteiger partial charge in [0.2, 0.25) is 15.9 Å². The Labute approximate surface area is 142 Å². The lowest BCUT2D eigenvalue weighted by molar-refractivity contribution is -0.122. The van der Waals surface area contributed by atoms with E-state index < -0.39 is 10.0 Å². The van der Waals surface area contributed by atoms with Crippen LogP contribution in [0, 0.1) is 11.7 Å². The van der Waals surface area contributed by atoms with Crippen LogP contribution in [0.5, 0.6) is 0 Å². The van der Waals surface area contributed by atoms with E-state index in [1.165, 1.54) is 24.5 Å². The van der Waals surface area contributed by atoms with Gasteiger partial charge in [0, 0.05) is 26.4 Å². The van der Waals surface area contributed by atoms with E-state index in [4.69, 9.17) is 4.74 Å².